The summed E-state index contributed by atoms with van der Waals surface area (Å²) in [5.41, 5.74) is 0. The molecule has 1 rings (SSSR count). The van der Waals surface area contributed by atoms with E-state index >= 15 is 0 Å². The van der Waals surface area contributed by atoms with Crippen molar-refractivity contribution < 1.29 is 4.74 Å². The second-order valence-electron chi connectivity index (χ2n) is 1.99. The summed E-state index contributed by atoms with van der Waals surface area (Å²) in [4.78, 5) is 0. The molecule has 48 valence electrons. The van der Waals surface area contributed by atoms with E-state index in [0.717, 1.165) is 11.9 Å². The van der Waals surface area contributed by atoms with Crippen molar-refractivity contribution in [3.63, 3.8) is 0 Å². The second kappa shape index (κ2) is 3.27. The summed E-state index contributed by atoms with van der Waals surface area (Å²) in [7, 11) is 1.89. The van der Waals surface area contributed by atoms with E-state index in [2.05, 4.69) is 28.1 Å². The second-order valence-corrected chi connectivity index (χ2v) is 4.30. The van der Waals surface area contributed by atoms with Gasteiger partial charge in [0.1, 0.15) is 0 Å². The Bertz CT molecular complexity index is 78.8. The standard InChI is InChI=1S/C5H9IOS/c1-4-5(8-6)2-3-7-4/h4-5H,2-3H2,1H3. The van der Waals surface area contributed by atoms with Crippen molar-refractivity contribution in [1.29, 1.82) is 0 Å². The third-order valence-electron chi connectivity index (χ3n) is 1.42. The molecule has 0 saturated carbocycles. The summed E-state index contributed by atoms with van der Waals surface area (Å²) in [6.45, 7) is 3.10. The Morgan fingerprint density at radius 3 is 2.75 bits per heavy atom. The maximum absolute atomic E-state index is 5.33. The van der Waals surface area contributed by atoms with Crippen LogP contribution in [0.1, 0.15) is 13.3 Å². The summed E-state index contributed by atoms with van der Waals surface area (Å²) in [6.07, 6.45) is 1.71. The van der Waals surface area contributed by atoms with Gasteiger partial charge >= 0.3 is 0 Å². The van der Waals surface area contributed by atoms with E-state index in [-0.39, 0.29) is 0 Å². The lowest BCUT2D eigenvalue weighted by atomic mass is 10.3. The Labute approximate surface area is 66.1 Å². The van der Waals surface area contributed by atoms with E-state index in [1.54, 1.807) is 0 Å². The maximum Gasteiger partial charge on any atom is 0.0674 e. The Kier molecular flexibility index (Phi) is 2.92. The van der Waals surface area contributed by atoms with Gasteiger partial charge in [-0.25, -0.2) is 0 Å². The minimum absolute atomic E-state index is 0.483. The van der Waals surface area contributed by atoms with Crippen molar-refractivity contribution in [2.24, 2.45) is 0 Å². The number of halogens is 1. The van der Waals surface area contributed by atoms with Crippen LogP contribution in [0.4, 0.5) is 0 Å². The summed E-state index contributed by atoms with van der Waals surface area (Å²) >= 11 is 2.34. The molecular weight excluding hydrogens is 235 g/mol. The molecule has 0 radical (unpaired) electrons. The first-order valence-corrected chi connectivity index (χ1v) is 6.16. The van der Waals surface area contributed by atoms with Crippen LogP contribution in [0.2, 0.25) is 0 Å². The number of hydrogen-bond donors (Lipinski definition) is 0. The highest BCUT2D eigenvalue weighted by Gasteiger charge is 2.23. The van der Waals surface area contributed by atoms with E-state index in [1.165, 1.54) is 6.42 Å². The fourth-order valence-electron chi connectivity index (χ4n) is 0.829. The van der Waals surface area contributed by atoms with Crippen LogP contribution in [0.15, 0.2) is 0 Å². The summed E-state index contributed by atoms with van der Waals surface area (Å²) in [5, 5.41) is 0.746. The van der Waals surface area contributed by atoms with Crippen molar-refractivity contribution in [1.82, 2.24) is 0 Å². The Hall–Kier alpha value is 1.04. The normalized spacial score (nSPS) is 38.2. The van der Waals surface area contributed by atoms with Gasteiger partial charge in [0.15, 0.2) is 0 Å². The first-order chi connectivity index (χ1) is 3.84. The van der Waals surface area contributed by atoms with Crippen LogP contribution >= 0.6 is 30.1 Å². The van der Waals surface area contributed by atoms with Gasteiger partial charge in [0.05, 0.1) is 6.10 Å². The molecule has 0 N–H and O–H groups in total. The van der Waals surface area contributed by atoms with Gasteiger partial charge < -0.3 is 4.74 Å². The molecule has 8 heavy (non-hydrogen) atoms. The lowest BCUT2D eigenvalue weighted by molar-refractivity contribution is 0.127. The molecule has 0 bridgehead atoms. The molecule has 2 unspecified atom stereocenters. The fraction of sp³-hybridized carbons (Fsp3) is 1.00. The van der Waals surface area contributed by atoms with Crippen LogP contribution < -0.4 is 0 Å². The molecule has 1 heterocycles. The van der Waals surface area contributed by atoms with Gasteiger partial charge in [-0.2, -0.15) is 0 Å². The first-order valence-electron chi connectivity index (χ1n) is 2.73. The monoisotopic (exact) mass is 244 g/mol. The molecule has 0 aromatic heterocycles. The third kappa shape index (κ3) is 1.51. The van der Waals surface area contributed by atoms with E-state index < -0.39 is 0 Å². The quantitative estimate of drug-likeness (QED) is 0.654. The molecule has 2 atom stereocenters. The van der Waals surface area contributed by atoms with E-state index in [1.807, 2.05) is 8.93 Å². The maximum atomic E-state index is 5.33. The third-order valence-corrected chi connectivity index (χ3v) is 4.23. The molecular formula is C5H9IOS. The molecule has 1 saturated heterocycles. The van der Waals surface area contributed by atoms with Crippen molar-refractivity contribution in [3.05, 3.63) is 0 Å². The van der Waals surface area contributed by atoms with Crippen molar-refractivity contribution in [3.8, 4) is 0 Å². The fourth-order valence-corrected chi connectivity index (χ4v) is 3.24. The number of hydrogen-bond acceptors (Lipinski definition) is 2. The average molecular weight is 244 g/mol. The zero-order chi connectivity index (χ0) is 5.98. The molecule has 0 aromatic carbocycles. The van der Waals surface area contributed by atoms with E-state index in [4.69, 9.17) is 4.74 Å². The minimum Gasteiger partial charge on any atom is -0.377 e. The van der Waals surface area contributed by atoms with E-state index in [0.29, 0.717) is 6.10 Å². The van der Waals surface area contributed by atoms with Crippen LogP contribution in [-0.2, 0) is 4.74 Å². The van der Waals surface area contributed by atoms with Gasteiger partial charge in [-0.05, 0) is 34.6 Å². The summed E-state index contributed by atoms with van der Waals surface area (Å²) in [5.74, 6) is 0. The van der Waals surface area contributed by atoms with Crippen molar-refractivity contribution in [2.75, 3.05) is 6.61 Å². The molecule has 1 nitrogen and oxygen atoms in total. The van der Waals surface area contributed by atoms with Gasteiger partial charge in [0.2, 0.25) is 0 Å². The highest BCUT2D eigenvalue weighted by Crippen LogP contribution is 2.30. The molecule has 1 aliphatic rings. The zero-order valence-electron chi connectivity index (χ0n) is 4.76. The van der Waals surface area contributed by atoms with Gasteiger partial charge in [-0.1, -0.05) is 8.93 Å². The molecule has 0 aliphatic carbocycles. The predicted octanol–water partition coefficient (Wildman–Crippen LogP) is 2.25. The van der Waals surface area contributed by atoms with Gasteiger partial charge in [-0.15, -0.1) is 0 Å². The topological polar surface area (TPSA) is 9.23 Å². The zero-order valence-corrected chi connectivity index (χ0v) is 7.74. The first kappa shape index (κ1) is 7.15. The molecule has 0 amide bonds. The highest BCUT2D eigenvalue weighted by atomic mass is 127. The smallest absolute Gasteiger partial charge is 0.0674 e. The van der Waals surface area contributed by atoms with Crippen LogP contribution in [0, 0.1) is 0 Å². The molecule has 1 fully saturated rings. The summed E-state index contributed by atoms with van der Waals surface area (Å²) in [6, 6.07) is 0. The average Bonchev–Trinajstić information content (AvgIpc) is 2.14. The van der Waals surface area contributed by atoms with Crippen LogP contribution in [0.5, 0.6) is 0 Å². The molecule has 1 aliphatic heterocycles. The van der Waals surface area contributed by atoms with Gasteiger partial charge in [0, 0.05) is 11.9 Å². The van der Waals surface area contributed by atoms with Gasteiger partial charge in [-0.3, -0.25) is 0 Å². The minimum atomic E-state index is 0.483. The highest BCUT2D eigenvalue weighted by molar-refractivity contribution is 14.2. The van der Waals surface area contributed by atoms with Crippen molar-refractivity contribution >= 4 is 30.1 Å². The molecule has 0 spiro atoms. The lowest BCUT2D eigenvalue weighted by Gasteiger charge is -2.07. The predicted molar refractivity (Wildman–Crippen MR) is 45.4 cm³/mol. The Morgan fingerprint density at radius 1 is 1.75 bits per heavy atom. The molecule has 3 heteroatoms. The lowest BCUT2D eigenvalue weighted by Crippen LogP contribution is -2.10. The van der Waals surface area contributed by atoms with E-state index in [9.17, 15) is 0 Å². The largest absolute Gasteiger partial charge is 0.377 e. The number of rotatable bonds is 1. The van der Waals surface area contributed by atoms with Crippen LogP contribution in [0.25, 0.3) is 0 Å². The number of ether oxygens (including phenoxy) is 1. The van der Waals surface area contributed by atoms with Gasteiger partial charge in [0.25, 0.3) is 0 Å². The van der Waals surface area contributed by atoms with Crippen LogP contribution in [-0.4, -0.2) is 18.0 Å². The molecule has 0 aromatic rings. The SMILES string of the molecule is CC1OCCC1SI. The Morgan fingerprint density at radius 2 is 2.50 bits per heavy atom. The van der Waals surface area contributed by atoms with Crippen LogP contribution in [0.3, 0.4) is 0 Å². The van der Waals surface area contributed by atoms with Crippen molar-refractivity contribution in [2.45, 2.75) is 24.7 Å². The Balaban J connectivity index is 2.30. The summed E-state index contributed by atoms with van der Waals surface area (Å²) < 4.78 is 5.33.